The zero-order chi connectivity index (χ0) is 11.1. The lowest BCUT2D eigenvalue weighted by atomic mass is 10.0. The predicted octanol–water partition coefficient (Wildman–Crippen LogP) is 2.10. The standard InChI is InChI=1S/C12H19NO2/c1-3-10-6-4-8-13-12(10)11(14)7-5-9-15-2/h4,6,8,11,14H,3,5,7,9H2,1-2H3. The molecule has 0 saturated carbocycles. The van der Waals surface area contributed by atoms with Gasteiger partial charge in [-0.15, -0.1) is 0 Å². The summed E-state index contributed by atoms with van der Waals surface area (Å²) >= 11 is 0. The van der Waals surface area contributed by atoms with Gasteiger partial charge in [-0.3, -0.25) is 4.98 Å². The Kier molecular flexibility index (Phi) is 5.29. The van der Waals surface area contributed by atoms with Gasteiger partial charge in [0.15, 0.2) is 0 Å². The van der Waals surface area contributed by atoms with Crippen LogP contribution in [0.15, 0.2) is 18.3 Å². The van der Waals surface area contributed by atoms with Gasteiger partial charge in [-0.25, -0.2) is 0 Å². The summed E-state index contributed by atoms with van der Waals surface area (Å²) in [5, 5.41) is 9.94. The Hall–Kier alpha value is -0.930. The Balaban J connectivity index is 2.59. The molecule has 0 aliphatic heterocycles. The fraction of sp³-hybridized carbons (Fsp3) is 0.583. The third-order valence-corrected chi connectivity index (χ3v) is 2.45. The second kappa shape index (κ2) is 6.53. The number of ether oxygens (including phenoxy) is 1. The van der Waals surface area contributed by atoms with Crippen molar-refractivity contribution in [2.75, 3.05) is 13.7 Å². The number of aryl methyl sites for hydroxylation is 1. The molecule has 0 fully saturated rings. The number of hydrogen-bond donors (Lipinski definition) is 1. The Morgan fingerprint density at radius 1 is 1.53 bits per heavy atom. The van der Waals surface area contributed by atoms with Crippen molar-refractivity contribution in [2.24, 2.45) is 0 Å². The number of pyridine rings is 1. The van der Waals surface area contributed by atoms with Crippen molar-refractivity contribution in [3.05, 3.63) is 29.6 Å². The largest absolute Gasteiger partial charge is 0.387 e. The molecule has 1 N–H and O–H groups in total. The fourth-order valence-electron chi connectivity index (χ4n) is 1.61. The molecule has 0 aliphatic rings. The fourth-order valence-corrected chi connectivity index (χ4v) is 1.61. The highest BCUT2D eigenvalue weighted by Gasteiger charge is 2.11. The molecule has 3 nitrogen and oxygen atoms in total. The molecule has 0 aromatic carbocycles. The van der Waals surface area contributed by atoms with Gasteiger partial charge in [0, 0.05) is 19.9 Å². The van der Waals surface area contributed by atoms with E-state index in [4.69, 9.17) is 4.74 Å². The van der Waals surface area contributed by atoms with Crippen LogP contribution in [0.3, 0.4) is 0 Å². The Morgan fingerprint density at radius 2 is 2.33 bits per heavy atom. The van der Waals surface area contributed by atoms with Crippen LogP contribution in [0.1, 0.15) is 37.1 Å². The van der Waals surface area contributed by atoms with Crippen molar-refractivity contribution in [1.82, 2.24) is 4.98 Å². The van der Waals surface area contributed by atoms with E-state index in [0.29, 0.717) is 13.0 Å². The first-order valence-corrected chi connectivity index (χ1v) is 5.40. The van der Waals surface area contributed by atoms with E-state index in [1.54, 1.807) is 13.3 Å². The van der Waals surface area contributed by atoms with Crippen LogP contribution in [-0.4, -0.2) is 23.8 Å². The average Bonchev–Trinajstić information content (AvgIpc) is 2.29. The van der Waals surface area contributed by atoms with E-state index in [9.17, 15) is 5.11 Å². The van der Waals surface area contributed by atoms with Gasteiger partial charge in [0.25, 0.3) is 0 Å². The van der Waals surface area contributed by atoms with Crippen molar-refractivity contribution >= 4 is 0 Å². The number of hydrogen-bond acceptors (Lipinski definition) is 3. The van der Waals surface area contributed by atoms with Crippen LogP contribution in [0.4, 0.5) is 0 Å². The van der Waals surface area contributed by atoms with E-state index in [-0.39, 0.29) is 0 Å². The lowest BCUT2D eigenvalue weighted by molar-refractivity contribution is 0.132. The molecule has 3 heteroatoms. The molecule has 0 amide bonds. The topological polar surface area (TPSA) is 42.4 Å². The third-order valence-electron chi connectivity index (χ3n) is 2.45. The van der Waals surface area contributed by atoms with Gasteiger partial charge in [0.05, 0.1) is 11.8 Å². The van der Waals surface area contributed by atoms with Gasteiger partial charge < -0.3 is 9.84 Å². The number of aliphatic hydroxyl groups is 1. The van der Waals surface area contributed by atoms with Gasteiger partial charge in [-0.2, -0.15) is 0 Å². The highest BCUT2D eigenvalue weighted by atomic mass is 16.5. The first-order chi connectivity index (χ1) is 7.29. The molecule has 1 aromatic heterocycles. The van der Waals surface area contributed by atoms with Crippen LogP contribution in [0.25, 0.3) is 0 Å². The van der Waals surface area contributed by atoms with E-state index in [1.807, 2.05) is 12.1 Å². The highest BCUT2D eigenvalue weighted by Crippen LogP contribution is 2.20. The maximum atomic E-state index is 9.94. The molecule has 1 aromatic rings. The number of rotatable bonds is 6. The lowest BCUT2D eigenvalue weighted by Gasteiger charge is -2.13. The summed E-state index contributed by atoms with van der Waals surface area (Å²) in [5.41, 5.74) is 1.94. The molecule has 1 rings (SSSR count). The van der Waals surface area contributed by atoms with Crippen molar-refractivity contribution in [3.63, 3.8) is 0 Å². The summed E-state index contributed by atoms with van der Waals surface area (Å²) in [6, 6.07) is 3.92. The molecule has 84 valence electrons. The first kappa shape index (κ1) is 12.1. The molecule has 0 radical (unpaired) electrons. The smallest absolute Gasteiger partial charge is 0.0963 e. The van der Waals surface area contributed by atoms with Crippen LogP contribution < -0.4 is 0 Å². The van der Waals surface area contributed by atoms with Crippen LogP contribution in [0.2, 0.25) is 0 Å². The molecule has 0 aliphatic carbocycles. The van der Waals surface area contributed by atoms with Crippen LogP contribution in [0.5, 0.6) is 0 Å². The van der Waals surface area contributed by atoms with Crippen molar-refractivity contribution < 1.29 is 9.84 Å². The van der Waals surface area contributed by atoms with Gasteiger partial charge in [0.2, 0.25) is 0 Å². The zero-order valence-electron chi connectivity index (χ0n) is 9.44. The van der Waals surface area contributed by atoms with Crippen LogP contribution >= 0.6 is 0 Å². The van der Waals surface area contributed by atoms with Gasteiger partial charge in [-0.05, 0) is 30.9 Å². The van der Waals surface area contributed by atoms with Crippen LogP contribution in [-0.2, 0) is 11.2 Å². The van der Waals surface area contributed by atoms with Crippen molar-refractivity contribution in [1.29, 1.82) is 0 Å². The van der Waals surface area contributed by atoms with Crippen LogP contribution in [0, 0.1) is 0 Å². The molecule has 15 heavy (non-hydrogen) atoms. The summed E-state index contributed by atoms with van der Waals surface area (Å²) in [5.74, 6) is 0. The molecular weight excluding hydrogens is 190 g/mol. The molecule has 1 unspecified atom stereocenters. The normalized spacial score (nSPS) is 12.7. The highest BCUT2D eigenvalue weighted by molar-refractivity contribution is 5.21. The van der Waals surface area contributed by atoms with E-state index >= 15 is 0 Å². The zero-order valence-corrected chi connectivity index (χ0v) is 9.44. The average molecular weight is 209 g/mol. The van der Waals surface area contributed by atoms with Crippen molar-refractivity contribution in [2.45, 2.75) is 32.3 Å². The van der Waals surface area contributed by atoms with E-state index in [2.05, 4.69) is 11.9 Å². The number of aromatic nitrogens is 1. The minimum atomic E-state index is -0.462. The Labute approximate surface area is 91.1 Å². The second-order valence-electron chi connectivity index (χ2n) is 3.55. The SMILES string of the molecule is CCc1cccnc1C(O)CCCOC. The molecule has 0 spiro atoms. The van der Waals surface area contributed by atoms with E-state index in [0.717, 1.165) is 24.1 Å². The van der Waals surface area contributed by atoms with Gasteiger partial charge in [-0.1, -0.05) is 13.0 Å². The second-order valence-corrected chi connectivity index (χ2v) is 3.55. The minimum absolute atomic E-state index is 0.462. The van der Waals surface area contributed by atoms with Gasteiger partial charge >= 0.3 is 0 Å². The Morgan fingerprint density at radius 3 is 3.00 bits per heavy atom. The summed E-state index contributed by atoms with van der Waals surface area (Å²) in [4.78, 5) is 4.24. The molecule has 0 bridgehead atoms. The lowest BCUT2D eigenvalue weighted by Crippen LogP contribution is -2.05. The summed E-state index contributed by atoms with van der Waals surface area (Å²) in [6.07, 6.45) is 3.74. The molecule has 1 heterocycles. The predicted molar refractivity (Wildman–Crippen MR) is 59.7 cm³/mol. The van der Waals surface area contributed by atoms with E-state index in [1.165, 1.54) is 0 Å². The molecule has 1 atom stereocenters. The summed E-state index contributed by atoms with van der Waals surface area (Å²) in [6.45, 7) is 2.76. The van der Waals surface area contributed by atoms with E-state index < -0.39 is 6.10 Å². The molecule has 0 saturated heterocycles. The Bertz CT molecular complexity index is 289. The number of nitrogens with zero attached hydrogens (tertiary/aromatic N) is 1. The summed E-state index contributed by atoms with van der Waals surface area (Å²) < 4.78 is 4.95. The monoisotopic (exact) mass is 209 g/mol. The summed E-state index contributed by atoms with van der Waals surface area (Å²) in [7, 11) is 1.67. The molecular formula is C12H19NO2. The quantitative estimate of drug-likeness (QED) is 0.730. The number of methoxy groups -OCH3 is 1. The van der Waals surface area contributed by atoms with Gasteiger partial charge in [0.1, 0.15) is 0 Å². The first-order valence-electron chi connectivity index (χ1n) is 5.40. The maximum absolute atomic E-state index is 9.94. The number of aliphatic hydroxyl groups excluding tert-OH is 1. The van der Waals surface area contributed by atoms with Crippen molar-refractivity contribution in [3.8, 4) is 0 Å². The minimum Gasteiger partial charge on any atom is -0.387 e. The maximum Gasteiger partial charge on any atom is 0.0963 e. The third kappa shape index (κ3) is 3.61.